The second kappa shape index (κ2) is 0.781. The summed E-state index contributed by atoms with van der Waals surface area (Å²) in [5, 5.41) is 3.27. The molecule has 0 radical (unpaired) electrons. The van der Waals surface area contributed by atoms with Gasteiger partial charge in [0.1, 0.15) is 0 Å². The van der Waals surface area contributed by atoms with Crippen LogP contribution in [0.4, 0.5) is 0 Å². The molecule has 0 aromatic carbocycles. The molecular weight excluding hydrogens is 86.1 g/mol. The van der Waals surface area contributed by atoms with Crippen molar-refractivity contribution < 1.29 is 0 Å². The van der Waals surface area contributed by atoms with E-state index in [0.717, 1.165) is 5.92 Å². The van der Waals surface area contributed by atoms with Gasteiger partial charge in [0.05, 0.1) is 0 Å². The highest BCUT2D eigenvalue weighted by Gasteiger charge is 2.55. The van der Waals surface area contributed by atoms with Gasteiger partial charge in [-0.3, -0.25) is 0 Å². The summed E-state index contributed by atoms with van der Waals surface area (Å²) in [5.41, 5.74) is 0.500. The SMILES string of the molecule is CNC12C=CC1C2. The van der Waals surface area contributed by atoms with Gasteiger partial charge >= 0.3 is 0 Å². The van der Waals surface area contributed by atoms with Crippen LogP contribution in [0.5, 0.6) is 0 Å². The quantitative estimate of drug-likeness (QED) is 0.468. The first-order valence-electron chi connectivity index (χ1n) is 2.76. The Balaban J connectivity index is 2.20. The maximum Gasteiger partial charge on any atom is 0.0432 e. The van der Waals surface area contributed by atoms with Crippen LogP contribution in [-0.4, -0.2) is 12.6 Å². The lowest BCUT2D eigenvalue weighted by molar-refractivity contribution is 0.602. The van der Waals surface area contributed by atoms with Gasteiger partial charge in [-0.1, -0.05) is 12.2 Å². The largest absolute Gasteiger partial charge is 0.310 e. The molecule has 2 atom stereocenters. The third-order valence-corrected chi connectivity index (χ3v) is 2.15. The van der Waals surface area contributed by atoms with Gasteiger partial charge in [0, 0.05) is 11.5 Å². The fraction of sp³-hybridized carbons (Fsp3) is 0.667. The third kappa shape index (κ3) is 0.249. The Morgan fingerprint density at radius 3 is 2.71 bits per heavy atom. The molecule has 0 saturated heterocycles. The van der Waals surface area contributed by atoms with Gasteiger partial charge in [0.25, 0.3) is 0 Å². The number of likely N-dealkylation sites (N-methyl/N-ethyl adjacent to an activating group) is 1. The predicted molar refractivity (Wildman–Crippen MR) is 29.0 cm³/mol. The van der Waals surface area contributed by atoms with Crippen molar-refractivity contribution in [3.8, 4) is 0 Å². The molecule has 2 rings (SSSR count). The average molecular weight is 95.1 g/mol. The minimum absolute atomic E-state index is 0.500. The van der Waals surface area contributed by atoms with E-state index < -0.39 is 0 Å². The van der Waals surface area contributed by atoms with Crippen LogP contribution >= 0.6 is 0 Å². The van der Waals surface area contributed by atoms with Crippen molar-refractivity contribution in [1.29, 1.82) is 0 Å². The van der Waals surface area contributed by atoms with Gasteiger partial charge < -0.3 is 5.32 Å². The molecule has 1 fully saturated rings. The van der Waals surface area contributed by atoms with Crippen molar-refractivity contribution in [2.45, 2.75) is 12.0 Å². The maximum atomic E-state index is 3.27. The summed E-state index contributed by atoms with van der Waals surface area (Å²) in [6, 6.07) is 0. The summed E-state index contributed by atoms with van der Waals surface area (Å²) < 4.78 is 0. The van der Waals surface area contributed by atoms with Gasteiger partial charge in [0.2, 0.25) is 0 Å². The van der Waals surface area contributed by atoms with Crippen LogP contribution in [-0.2, 0) is 0 Å². The number of hydrogen-bond acceptors (Lipinski definition) is 1. The van der Waals surface area contributed by atoms with Crippen LogP contribution < -0.4 is 5.32 Å². The number of fused-ring (bicyclic) bond motifs is 1. The fourth-order valence-corrected chi connectivity index (χ4v) is 1.28. The molecule has 0 aromatic rings. The zero-order chi connectivity index (χ0) is 4.91. The van der Waals surface area contributed by atoms with Crippen LogP contribution in [0.2, 0.25) is 0 Å². The molecule has 2 aliphatic rings. The molecule has 0 amide bonds. The Morgan fingerprint density at radius 2 is 2.71 bits per heavy atom. The minimum atomic E-state index is 0.500. The number of hydrogen-bond donors (Lipinski definition) is 1. The first-order valence-corrected chi connectivity index (χ1v) is 2.76. The summed E-state index contributed by atoms with van der Waals surface area (Å²) in [4.78, 5) is 0. The van der Waals surface area contributed by atoms with E-state index in [1.165, 1.54) is 6.42 Å². The molecule has 0 aromatic heterocycles. The Kier molecular flexibility index (Phi) is 0.409. The highest BCUT2D eigenvalue weighted by atomic mass is 15.0. The summed E-state index contributed by atoms with van der Waals surface area (Å²) >= 11 is 0. The number of nitrogens with one attached hydrogen (secondary N) is 1. The smallest absolute Gasteiger partial charge is 0.0432 e. The molecule has 1 saturated carbocycles. The molecule has 7 heavy (non-hydrogen) atoms. The van der Waals surface area contributed by atoms with E-state index in [-0.39, 0.29) is 0 Å². The predicted octanol–water partition coefficient (Wildman–Crippen LogP) is 0.534. The maximum absolute atomic E-state index is 3.27. The summed E-state index contributed by atoms with van der Waals surface area (Å²) in [6.45, 7) is 0. The lowest BCUT2D eigenvalue weighted by Crippen LogP contribution is -2.30. The molecule has 0 aliphatic heterocycles. The number of rotatable bonds is 1. The van der Waals surface area contributed by atoms with Crippen LogP contribution in [0, 0.1) is 5.92 Å². The molecule has 2 aliphatic carbocycles. The van der Waals surface area contributed by atoms with Crippen molar-refractivity contribution in [3.05, 3.63) is 12.2 Å². The van der Waals surface area contributed by atoms with Crippen molar-refractivity contribution in [1.82, 2.24) is 5.32 Å². The van der Waals surface area contributed by atoms with Crippen molar-refractivity contribution in [2.75, 3.05) is 7.05 Å². The average Bonchev–Trinajstić information content (AvgIpc) is 2.12. The summed E-state index contributed by atoms with van der Waals surface area (Å²) in [5.74, 6) is 0.900. The molecule has 1 N–H and O–H groups in total. The highest BCUT2D eigenvalue weighted by Crippen LogP contribution is 2.52. The Morgan fingerprint density at radius 1 is 1.86 bits per heavy atom. The van der Waals surface area contributed by atoms with E-state index in [4.69, 9.17) is 0 Å². The van der Waals surface area contributed by atoms with E-state index in [1.54, 1.807) is 0 Å². The van der Waals surface area contributed by atoms with Crippen LogP contribution in [0.1, 0.15) is 6.42 Å². The first kappa shape index (κ1) is 3.67. The molecule has 1 heteroatoms. The van der Waals surface area contributed by atoms with Crippen molar-refractivity contribution in [3.63, 3.8) is 0 Å². The first-order chi connectivity index (χ1) is 3.37. The normalized spacial score (nSPS) is 53.0. The Bertz CT molecular complexity index is 128. The van der Waals surface area contributed by atoms with Crippen LogP contribution in [0.15, 0.2) is 12.2 Å². The fourth-order valence-electron chi connectivity index (χ4n) is 1.28. The minimum Gasteiger partial charge on any atom is -0.310 e. The van der Waals surface area contributed by atoms with E-state index in [9.17, 15) is 0 Å². The standard InChI is InChI=1S/C6H9N/c1-7-6-3-2-5(6)4-6/h2-3,5,7H,4H2,1H3. The van der Waals surface area contributed by atoms with E-state index in [1.807, 2.05) is 7.05 Å². The topological polar surface area (TPSA) is 12.0 Å². The van der Waals surface area contributed by atoms with Gasteiger partial charge in [-0.05, 0) is 13.5 Å². The second-order valence-electron chi connectivity index (χ2n) is 2.46. The molecule has 1 nitrogen and oxygen atoms in total. The van der Waals surface area contributed by atoms with Crippen LogP contribution in [0.25, 0.3) is 0 Å². The van der Waals surface area contributed by atoms with Gasteiger partial charge in [0.15, 0.2) is 0 Å². The lowest BCUT2D eigenvalue weighted by atomic mass is 10.1. The zero-order valence-electron chi connectivity index (χ0n) is 4.44. The van der Waals surface area contributed by atoms with E-state index in [2.05, 4.69) is 17.5 Å². The third-order valence-electron chi connectivity index (χ3n) is 2.15. The van der Waals surface area contributed by atoms with E-state index in [0.29, 0.717) is 5.54 Å². The van der Waals surface area contributed by atoms with Gasteiger partial charge in [-0.2, -0.15) is 0 Å². The monoisotopic (exact) mass is 95.1 g/mol. The van der Waals surface area contributed by atoms with Crippen molar-refractivity contribution >= 4 is 0 Å². The molecule has 38 valence electrons. The lowest BCUT2D eigenvalue weighted by Gasteiger charge is -2.15. The zero-order valence-corrected chi connectivity index (χ0v) is 4.44. The Hall–Kier alpha value is -0.300. The summed E-state index contributed by atoms with van der Waals surface area (Å²) in [7, 11) is 2.03. The molecule has 0 spiro atoms. The molecule has 0 bridgehead atoms. The molecule has 2 unspecified atom stereocenters. The highest BCUT2D eigenvalue weighted by molar-refractivity contribution is 5.37. The summed E-state index contributed by atoms with van der Waals surface area (Å²) in [6.07, 6.45) is 5.89. The van der Waals surface area contributed by atoms with Crippen LogP contribution in [0.3, 0.4) is 0 Å². The van der Waals surface area contributed by atoms with E-state index >= 15 is 0 Å². The van der Waals surface area contributed by atoms with Crippen molar-refractivity contribution in [2.24, 2.45) is 5.92 Å². The Labute approximate surface area is 43.4 Å². The molecular formula is C6H9N. The second-order valence-corrected chi connectivity index (χ2v) is 2.46. The van der Waals surface area contributed by atoms with Gasteiger partial charge in [-0.15, -0.1) is 0 Å². The molecule has 0 heterocycles. The van der Waals surface area contributed by atoms with Gasteiger partial charge in [-0.25, -0.2) is 0 Å².